The number of hydrogen-bond donors (Lipinski definition) is 2. The van der Waals surface area contributed by atoms with E-state index < -0.39 is 0 Å². The van der Waals surface area contributed by atoms with Gasteiger partial charge in [0.2, 0.25) is 0 Å². The number of nitrogens with one attached hydrogen (secondary N) is 1. The Labute approximate surface area is 126 Å². The largest absolute Gasteiger partial charge is 0.395 e. The van der Waals surface area contributed by atoms with Crippen molar-refractivity contribution in [2.75, 3.05) is 6.61 Å². The van der Waals surface area contributed by atoms with Gasteiger partial charge in [-0.15, -0.1) is 0 Å². The van der Waals surface area contributed by atoms with Crippen LogP contribution in [0.15, 0.2) is 18.3 Å². The maximum atomic E-state index is 12.4. The number of amides is 1. The molecule has 1 amide bonds. The van der Waals surface area contributed by atoms with Crippen LogP contribution in [0.5, 0.6) is 0 Å². The highest BCUT2D eigenvalue weighted by Crippen LogP contribution is 2.27. The third-order valence-corrected chi connectivity index (χ3v) is 3.95. The zero-order chi connectivity index (χ0) is 15.1. The molecule has 1 aliphatic carbocycles. The minimum Gasteiger partial charge on any atom is -0.395 e. The Hall–Kier alpha value is -1.86. The van der Waals surface area contributed by atoms with Gasteiger partial charge in [-0.1, -0.05) is 24.7 Å². The molecular weight excluding hydrogens is 264 g/mol. The molecule has 1 atom stereocenters. The summed E-state index contributed by atoms with van der Waals surface area (Å²) in [5, 5.41) is 11.8. The fourth-order valence-electron chi connectivity index (χ4n) is 2.75. The van der Waals surface area contributed by atoms with Gasteiger partial charge in [0, 0.05) is 18.7 Å². The van der Waals surface area contributed by atoms with Crippen molar-refractivity contribution in [2.24, 2.45) is 5.92 Å². The van der Waals surface area contributed by atoms with Crippen molar-refractivity contribution in [3.05, 3.63) is 29.6 Å². The normalized spacial score (nSPS) is 16.1. The average molecular weight is 286 g/mol. The maximum Gasteiger partial charge on any atom is 0.271 e. The topological polar surface area (TPSA) is 62.2 Å². The smallest absolute Gasteiger partial charge is 0.271 e. The van der Waals surface area contributed by atoms with Gasteiger partial charge in [0.1, 0.15) is 5.69 Å². The van der Waals surface area contributed by atoms with E-state index >= 15 is 0 Å². The van der Waals surface area contributed by atoms with Gasteiger partial charge in [0.25, 0.3) is 5.91 Å². The fourth-order valence-corrected chi connectivity index (χ4v) is 2.75. The molecule has 0 spiro atoms. The number of nitrogens with zero attached hydrogens (tertiary/aromatic N) is 1. The van der Waals surface area contributed by atoms with Crippen LogP contribution < -0.4 is 5.32 Å². The minimum absolute atomic E-state index is 0.0213. The highest BCUT2D eigenvalue weighted by atomic mass is 16.2. The standard InChI is InChI=1S/C17H22N2O2/c1-13(14-7-2-3-8-14)19-17(21)16-15(9-4-5-12-20)10-6-11-18-16/h6,10-11,13-14,20H,2-3,5,7-8,12H2,1H3,(H,19,21). The molecule has 0 aromatic carbocycles. The number of hydrogen-bond acceptors (Lipinski definition) is 3. The lowest BCUT2D eigenvalue weighted by atomic mass is 9.99. The first-order valence-electron chi connectivity index (χ1n) is 7.58. The van der Waals surface area contributed by atoms with Crippen molar-refractivity contribution in [1.29, 1.82) is 0 Å². The lowest BCUT2D eigenvalue weighted by molar-refractivity contribution is 0.0922. The summed E-state index contributed by atoms with van der Waals surface area (Å²) in [6, 6.07) is 3.72. The van der Waals surface area contributed by atoms with E-state index in [-0.39, 0.29) is 18.6 Å². The Morgan fingerprint density at radius 3 is 3.00 bits per heavy atom. The number of carbonyl (C=O) groups excluding carboxylic acids is 1. The van der Waals surface area contributed by atoms with E-state index in [1.54, 1.807) is 18.3 Å². The van der Waals surface area contributed by atoms with Crippen LogP contribution in [0.1, 0.15) is 55.1 Å². The zero-order valence-corrected chi connectivity index (χ0v) is 12.4. The molecule has 1 fully saturated rings. The van der Waals surface area contributed by atoms with Crippen molar-refractivity contribution in [1.82, 2.24) is 10.3 Å². The van der Waals surface area contributed by atoms with Crippen LogP contribution >= 0.6 is 0 Å². The second-order valence-electron chi connectivity index (χ2n) is 5.48. The molecule has 2 N–H and O–H groups in total. The summed E-state index contributed by atoms with van der Waals surface area (Å²) in [6.45, 7) is 2.08. The van der Waals surface area contributed by atoms with Crippen LogP contribution in [0.4, 0.5) is 0 Å². The second-order valence-corrected chi connectivity index (χ2v) is 5.48. The number of carbonyl (C=O) groups is 1. The average Bonchev–Trinajstić information content (AvgIpc) is 3.02. The first kappa shape index (κ1) is 15.5. The third kappa shape index (κ3) is 4.30. The van der Waals surface area contributed by atoms with Crippen LogP contribution in [-0.4, -0.2) is 28.6 Å². The van der Waals surface area contributed by atoms with Crippen LogP contribution in [0, 0.1) is 17.8 Å². The Kier molecular flexibility index (Phi) is 5.77. The van der Waals surface area contributed by atoms with E-state index in [2.05, 4.69) is 29.1 Å². The van der Waals surface area contributed by atoms with Crippen molar-refractivity contribution in [3.63, 3.8) is 0 Å². The molecule has 21 heavy (non-hydrogen) atoms. The molecule has 1 aliphatic rings. The monoisotopic (exact) mass is 286 g/mol. The van der Waals surface area contributed by atoms with E-state index in [9.17, 15) is 4.79 Å². The molecule has 4 heteroatoms. The first-order valence-corrected chi connectivity index (χ1v) is 7.58. The molecule has 0 bridgehead atoms. The number of aliphatic hydroxyl groups excluding tert-OH is 1. The predicted octanol–water partition coefficient (Wildman–Crippen LogP) is 2.12. The van der Waals surface area contributed by atoms with Gasteiger partial charge in [-0.25, -0.2) is 4.98 Å². The van der Waals surface area contributed by atoms with Crippen LogP contribution in [0.2, 0.25) is 0 Å². The van der Waals surface area contributed by atoms with Crippen molar-refractivity contribution < 1.29 is 9.90 Å². The fraction of sp³-hybridized carbons (Fsp3) is 0.529. The third-order valence-electron chi connectivity index (χ3n) is 3.95. The van der Waals surface area contributed by atoms with Crippen LogP contribution in [0.3, 0.4) is 0 Å². The molecule has 1 aromatic rings. The Bertz CT molecular complexity index is 539. The van der Waals surface area contributed by atoms with Gasteiger partial charge in [-0.3, -0.25) is 4.79 Å². The van der Waals surface area contributed by atoms with E-state index in [0.717, 1.165) is 0 Å². The highest BCUT2D eigenvalue weighted by molar-refractivity contribution is 5.94. The summed E-state index contributed by atoms with van der Waals surface area (Å²) in [7, 11) is 0. The van der Waals surface area contributed by atoms with Gasteiger partial charge in [-0.05, 0) is 37.8 Å². The van der Waals surface area contributed by atoms with Crippen molar-refractivity contribution in [3.8, 4) is 11.8 Å². The molecule has 0 aliphatic heterocycles. The number of aliphatic hydroxyl groups is 1. The highest BCUT2D eigenvalue weighted by Gasteiger charge is 2.24. The SMILES string of the molecule is CC(NC(=O)c1ncccc1C#CCCO)C1CCCC1. The number of pyridine rings is 1. The molecule has 0 radical (unpaired) electrons. The molecular formula is C17H22N2O2. The number of aromatic nitrogens is 1. The van der Waals surface area contributed by atoms with Gasteiger partial charge in [-0.2, -0.15) is 0 Å². The van der Waals surface area contributed by atoms with Gasteiger partial charge in [0.05, 0.1) is 12.2 Å². The van der Waals surface area contributed by atoms with Gasteiger partial charge >= 0.3 is 0 Å². The van der Waals surface area contributed by atoms with Crippen LogP contribution in [0.25, 0.3) is 0 Å². The van der Waals surface area contributed by atoms with E-state index in [4.69, 9.17) is 5.11 Å². The lowest BCUT2D eigenvalue weighted by Crippen LogP contribution is -2.37. The van der Waals surface area contributed by atoms with E-state index in [0.29, 0.717) is 23.6 Å². The lowest BCUT2D eigenvalue weighted by Gasteiger charge is -2.20. The molecule has 2 rings (SSSR count). The zero-order valence-electron chi connectivity index (χ0n) is 12.4. The van der Waals surface area contributed by atoms with Crippen molar-refractivity contribution >= 4 is 5.91 Å². The molecule has 4 nitrogen and oxygen atoms in total. The van der Waals surface area contributed by atoms with Gasteiger partial charge < -0.3 is 10.4 Å². The van der Waals surface area contributed by atoms with Gasteiger partial charge in [0.15, 0.2) is 0 Å². The minimum atomic E-state index is -0.164. The van der Waals surface area contributed by atoms with Crippen molar-refractivity contribution in [2.45, 2.75) is 45.1 Å². The summed E-state index contributed by atoms with van der Waals surface area (Å²) in [5.41, 5.74) is 0.981. The Balaban J connectivity index is 2.06. The molecule has 1 heterocycles. The summed E-state index contributed by atoms with van der Waals surface area (Å²) in [5.74, 6) is 6.15. The maximum absolute atomic E-state index is 12.4. The summed E-state index contributed by atoms with van der Waals surface area (Å²) in [4.78, 5) is 16.5. The number of rotatable bonds is 4. The van der Waals surface area contributed by atoms with E-state index in [1.165, 1.54) is 25.7 Å². The molecule has 112 valence electrons. The molecule has 1 aromatic heterocycles. The Morgan fingerprint density at radius 1 is 1.52 bits per heavy atom. The van der Waals surface area contributed by atoms with E-state index in [1.807, 2.05) is 0 Å². The summed E-state index contributed by atoms with van der Waals surface area (Å²) in [6.07, 6.45) is 6.89. The molecule has 1 unspecified atom stereocenters. The second kappa shape index (κ2) is 7.80. The summed E-state index contributed by atoms with van der Waals surface area (Å²) >= 11 is 0. The first-order chi connectivity index (χ1) is 10.2. The predicted molar refractivity (Wildman–Crippen MR) is 81.7 cm³/mol. The molecule has 0 saturated heterocycles. The summed E-state index contributed by atoms with van der Waals surface area (Å²) < 4.78 is 0. The quantitative estimate of drug-likeness (QED) is 0.833. The Morgan fingerprint density at radius 2 is 2.29 bits per heavy atom. The van der Waals surface area contributed by atoms with Crippen LogP contribution in [-0.2, 0) is 0 Å². The molecule has 1 saturated carbocycles.